The van der Waals surface area contributed by atoms with Gasteiger partial charge in [0.25, 0.3) is 0 Å². The Labute approximate surface area is 176 Å². The molecule has 0 saturated heterocycles. The molecule has 0 saturated carbocycles. The predicted molar refractivity (Wildman–Crippen MR) is 112 cm³/mol. The van der Waals surface area contributed by atoms with E-state index in [2.05, 4.69) is 26.2 Å². The van der Waals surface area contributed by atoms with E-state index in [-0.39, 0.29) is 28.2 Å². The topological polar surface area (TPSA) is 85.3 Å². The summed E-state index contributed by atoms with van der Waals surface area (Å²) < 4.78 is 38.5. The number of furan rings is 1. The van der Waals surface area contributed by atoms with Crippen LogP contribution in [-0.4, -0.2) is 13.4 Å². The fourth-order valence-corrected chi connectivity index (χ4v) is 4.27. The van der Waals surface area contributed by atoms with E-state index < -0.39 is 9.84 Å². The molecule has 148 valence electrons. The van der Waals surface area contributed by atoms with Gasteiger partial charge in [-0.1, -0.05) is 33.6 Å². The quantitative estimate of drug-likeness (QED) is 0.401. The van der Waals surface area contributed by atoms with Crippen molar-refractivity contribution in [2.45, 2.75) is 23.4 Å². The van der Waals surface area contributed by atoms with Crippen molar-refractivity contribution in [3.63, 3.8) is 0 Å². The molecule has 4 aromatic rings. The van der Waals surface area contributed by atoms with E-state index in [1.165, 1.54) is 0 Å². The molecule has 0 aliphatic carbocycles. The lowest BCUT2D eigenvalue weighted by molar-refractivity contribution is 0.511. The molecule has 0 fully saturated rings. The first-order chi connectivity index (χ1) is 13.9. The molecule has 0 atom stereocenters. The molecule has 1 N–H and O–H groups in total. The third kappa shape index (κ3) is 4.13. The van der Waals surface area contributed by atoms with Crippen molar-refractivity contribution in [2.75, 3.05) is 5.32 Å². The van der Waals surface area contributed by atoms with E-state index in [1.54, 1.807) is 54.8 Å². The minimum absolute atomic E-state index is 0.0693. The summed E-state index contributed by atoms with van der Waals surface area (Å²) in [6, 6.07) is 17.4. The molecule has 6 nitrogen and oxygen atoms in total. The van der Waals surface area contributed by atoms with Gasteiger partial charge in [-0.25, -0.2) is 8.42 Å². The number of anilines is 1. The van der Waals surface area contributed by atoms with Crippen LogP contribution < -0.4 is 5.32 Å². The highest BCUT2D eigenvalue weighted by molar-refractivity contribution is 9.10. The highest BCUT2D eigenvalue weighted by atomic mass is 79.9. The molecule has 8 heteroatoms. The maximum absolute atomic E-state index is 13.2. The number of sulfone groups is 1. The summed E-state index contributed by atoms with van der Waals surface area (Å²) in [5, 5.41) is 2.83. The average molecular weight is 473 g/mol. The van der Waals surface area contributed by atoms with Crippen LogP contribution in [0.15, 0.2) is 90.2 Å². The highest BCUT2D eigenvalue weighted by Gasteiger charge is 2.28. The van der Waals surface area contributed by atoms with Gasteiger partial charge in [0.05, 0.1) is 17.7 Å². The molecule has 0 spiro atoms. The Bertz CT molecular complexity index is 1210. The molecule has 0 bridgehead atoms. The standard InChI is InChI=1S/C21H17BrN2O4S/c1-14-4-10-18(11-5-14)29(25,26)21-20(23-13-17-3-2-12-27-17)28-19(24-21)15-6-8-16(22)9-7-15/h2-12,23H,13H2,1H3. The maximum atomic E-state index is 13.2. The van der Waals surface area contributed by atoms with Crippen molar-refractivity contribution < 1.29 is 17.3 Å². The Kier molecular flexibility index (Phi) is 5.29. The van der Waals surface area contributed by atoms with Crippen LogP contribution in [0, 0.1) is 6.92 Å². The van der Waals surface area contributed by atoms with Gasteiger partial charge in [0.15, 0.2) is 0 Å². The first-order valence-electron chi connectivity index (χ1n) is 8.78. The van der Waals surface area contributed by atoms with Crippen LogP contribution in [0.4, 0.5) is 5.88 Å². The molecule has 2 aromatic carbocycles. The van der Waals surface area contributed by atoms with Crippen LogP contribution in [0.1, 0.15) is 11.3 Å². The summed E-state index contributed by atoms with van der Waals surface area (Å²) in [4.78, 5) is 4.47. The molecule has 2 aromatic heterocycles. The van der Waals surface area contributed by atoms with Crippen molar-refractivity contribution in [1.29, 1.82) is 0 Å². The van der Waals surface area contributed by atoms with Gasteiger partial charge in [0.2, 0.25) is 26.6 Å². The lowest BCUT2D eigenvalue weighted by atomic mass is 10.2. The maximum Gasteiger partial charge on any atom is 0.234 e. The number of benzene rings is 2. The number of aryl methyl sites for hydroxylation is 1. The Morgan fingerprint density at radius 2 is 1.76 bits per heavy atom. The Balaban J connectivity index is 1.77. The van der Waals surface area contributed by atoms with Gasteiger partial charge in [-0.2, -0.15) is 4.98 Å². The summed E-state index contributed by atoms with van der Waals surface area (Å²) in [5.41, 5.74) is 1.63. The SMILES string of the molecule is Cc1ccc(S(=O)(=O)c2nc(-c3ccc(Br)cc3)oc2NCc2ccco2)cc1. The molecule has 2 heterocycles. The lowest BCUT2D eigenvalue weighted by Gasteiger charge is -2.05. The van der Waals surface area contributed by atoms with Crippen molar-refractivity contribution in [1.82, 2.24) is 4.98 Å². The molecule has 0 radical (unpaired) electrons. The first-order valence-corrected chi connectivity index (χ1v) is 11.1. The molecule has 0 aliphatic heterocycles. The summed E-state index contributed by atoms with van der Waals surface area (Å²) in [5.74, 6) is 0.926. The Morgan fingerprint density at radius 1 is 1.03 bits per heavy atom. The number of halogens is 1. The number of hydrogen-bond acceptors (Lipinski definition) is 6. The van der Waals surface area contributed by atoms with Crippen LogP contribution in [0.2, 0.25) is 0 Å². The third-order valence-corrected chi connectivity index (χ3v) is 6.48. The van der Waals surface area contributed by atoms with Crippen molar-refractivity contribution in [2.24, 2.45) is 0 Å². The number of aromatic nitrogens is 1. The van der Waals surface area contributed by atoms with Gasteiger partial charge in [-0.15, -0.1) is 0 Å². The monoisotopic (exact) mass is 472 g/mol. The largest absolute Gasteiger partial charge is 0.467 e. The normalized spacial score (nSPS) is 11.5. The Morgan fingerprint density at radius 3 is 2.41 bits per heavy atom. The minimum Gasteiger partial charge on any atom is -0.467 e. The third-order valence-electron chi connectivity index (χ3n) is 4.28. The number of nitrogens with zero attached hydrogens (tertiary/aromatic N) is 1. The van der Waals surface area contributed by atoms with E-state index in [1.807, 2.05) is 19.1 Å². The van der Waals surface area contributed by atoms with E-state index in [9.17, 15) is 8.42 Å². The van der Waals surface area contributed by atoms with Crippen molar-refractivity contribution in [3.05, 3.63) is 82.7 Å². The Hall–Kier alpha value is -2.84. The smallest absolute Gasteiger partial charge is 0.234 e. The zero-order valence-corrected chi connectivity index (χ0v) is 17.8. The number of nitrogens with one attached hydrogen (secondary N) is 1. The number of rotatable bonds is 6. The summed E-state index contributed by atoms with van der Waals surface area (Å²) >= 11 is 3.38. The fourth-order valence-electron chi connectivity index (χ4n) is 2.73. The second-order valence-corrected chi connectivity index (χ2v) is 9.19. The fraction of sp³-hybridized carbons (Fsp3) is 0.0952. The average Bonchev–Trinajstić information content (AvgIpc) is 3.37. The van der Waals surface area contributed by atoms with Crippen LogP contribution in [0.25, 0.3) is 11.5 Å². The van der Waals surface area contributed by atoms with Gasteiger partial charge in [0.1, 0.15) is 5.76 Å². The van der Waals surface area contributed by atoms with Crippen LogP contribution >= 0.6 is 15.9 Å². The minimum atomic E-state index is -3.88. The first kappa shape index (κ1) is 19.5. The van der Waals surface area contributed by atoms with Gasteiger partial charge < -0.3 is 14.2 Å². The van der Waals surface area contributed by atoms with Crippen LogP contribution in [-0.2, 0) is 16.4 Å². The zero-order chi connectivity index (χ0) is 20.4. The number of hydrogen-bond donors (Lipinski definition) is 1. The van der Waals surface area contributed by atoms with E-state index in [4.69, 9.17) is 8.83 Å². The summed E-state index contributed by atoms with van der Waals surface area (Å²) in [6.07, 6.45) is 1.55. The van der Waals surface area contributed by atoms with E-state index >= 15 is 0 Å². The predicted octanol–water partition coefficient (Wildman–Crippen LogP) is 5.45. The summed E-state index contributed by atoms with van der Waals surface area (Å²) in [6.45, 7) is 2.16. The molecular weight excluding hydrogens is 456 g/mol. The van der Waals surface area contributed by atoms with Crippen molar-refractivity contribution in [3.8, 4) is 11.5 Å². The van der Waals surface area contributed by atoms with E-state index in [0.29, 0.717) is 11.3 Å². The molecule has 29 heavy (non-hydrogen) atoms. The van der Waals surface area contributed by atoms with Gasteiger partial charge >= 0.3 is 0 Å². The van der Waals surface area contributed by atoms with Gasteiger partial charge in [-0.3, -0.25) is 0 Å². The highest BCUT2D eigenvalue weighted by Crippen LogP contribution is 2.33. The summed E-state index contributed by atoms with van der Waals surface area (Å²) in [7, 11) is -3.88. The molecule has 4 rings (SSSR count). The molecule has 0 unspecified atom stereocenters. The van der Waals surface area contributed by atoms with Crippen molar-refractivity contribution >= 4 is 31.7 Å². The van der Waals surface area contributed by atoms with E-state index in [0.717, 1.165) is 10.0 Å². The van der Waals surface area contributed by atoms with Gasteiger partial charge in [0, 0.05) is 10.0 Å². The lowest BCUT2D eigenvalue weighted by Crippen LogP contribution is -2.07. The van der Waals surface area contributed by atoms with Crippen LogP contribution in [0.3, 0.4) is 0 Å². The molecule has 0 amide bonds. The van der Waals surface area contributed by atoms with Gasteiger partial charge in [-0.05, 0) is 55.5 Å². The molecule has 0 aliphatic rings. The number of oxazole rings is 1. The second-order valence-electron chi connectivity index (χ2n) is 6.41. The second kappa shape index (κ2) is 7.88. The molecular formula is C21H17BrN2O4S. The zero-order valence-electron chi connectivity index (χ0n) is 15.4. The van der Waals surface area contributed by atoms with Crippen LogP contribution in [0.5, 0.6) is 0 Å².